The zero-order valence-electron chi connectivity index (χ0n) is 71.2. The van der Waals surface area contributed by atoms with E-state index in [9.17, 15) is 62.3 Å². The third kappa shape index (κ3) is 45.9. The number of hydrogen-bond acceptors (Lipinski definition) is 34. The molecule has 7 aromatic heterocycles. The topological polar surface area (TPSA) is 500 Å². The summed E-state index contributed by atoms with van der Waals surface area (Å²) in [7, 11) is 0. The van der Waals surface area contributed by atoms with Crippen LogP contribution in [-0.2, 0) is 165 Å². The van der Waals surface area contributed by atoms with Crippen LogP contribution in [0, 0.1) is 10.8 Å². The molecule has 2 atom stereocenters. The number of unbranched alkanes of at least 4 members (excludes halogenated alkanes) is 3. The molecular weight excluding hydrogens is 1670 g/mol. The zero-order chi connectivity index (χ0) is 92.3. The van der Waals surface area contributed by atoms with Gasteiger partial charge in [0.1, 0.15) is 95.9 Å². The van der Waals surface area contributed by atoms with Crippen molar-refractivity contribution in [1.29, 1.82) is 0 Å². The van der Waals surface area contributed by atoms with Crippen molar-refractivity contribution in [3.63, 3.8) is 0 Å². The van der Waals surface area contributed by atoms with Gasteiger partial charge in [-0.05, 0) is 32.3 Å². The van der Waals surface area contributed by atoms with Crippen molar-refractivity contribution in [2.45, 2.75) is 142 Å². The van der Waals surface area contributed by atoms with E-state index in [1.807, 2.05) is 0 Å². The van der Waals surface area contributed by atoms with Crippen molar-refractivity contribution < 1.29 is 129 Å². The van der Waals surface area contributed by atoms with Gasteiger partial charge in [-0.3, -0.25) is 33.6 Å². The van der Waals surface area contributed by atoms with E-state index in [1.165, 1.54) is 6.92 Å². The molecule has 0 aliphatic carbocycles. The molecule has 2 unspecified atom stereocenters. The molecule has 0 spiro atoms. The number of nitrogens with one attached hydrogen (secondary N) is 2. The van der Waals surface area contributed by atoms with E-state index >= 15 is 0 Å². The van der Waals surface area contributed by atoms with Crippen molar-refractivity contribution in [3.05, 3.63) is 206 Å². The summed E-state index contributed by atoms with van der Waals surface area (Å²) in [6.07, 6.45) is 36.7. The van der Waals surface area contributed by atoms with Gasteiger partial charge in [0.15, 0.2) is 12.2 Å². The number of imidazole rings is 7. The smallest absolute Gasteiger partial charge is 0.407 e. The van der Waals surface area contributed by atoms with Gasteiger partial charge < -0.3 is 109 Å². The lowest BCUT2D eigenvalue weighted by Gasteiger charge is -2.31. The second kappa shape index (κ2) is 59.3. The number of carbonyl (C=O) groups is 13. The first-order chi connectivity index (χ1) is 61.1. The highest BCUT2D eigenvalue weighted by molar-refractivity contribution is 5.87. The number of alkyl carbamates (subject to hydrolysis) is 2. The Balaban J connectivity index is 0.000000345. The maximum absolute atomic E-state index is 12.5. The van der Waals surface area contributed by atoms with Crippen LogP contribution >= 0.6 is 0 Å². The quantitative estimate of drug-likeness (QED) is 0.0112. The van der Waals surface area contributed by atoms with Crippen LogP contribution in [0.3, 0.4) is 0 Å². The lowest BCUT2D eigenvalue weighted by Crippen LogP contribution is -2.44. The Kier molecular flexibility index (Phi) is 48.0. The molecule has 0 radical (unpaired) electrons. The monoisotopic (exact) mass is 1770 g/mol. The van der Waals surface area contributed by atoms with Gasteiger partial charge in [0, 0.05) is 169 Å². The molecule has 127 heavy (non-hydrogen) atoms. The maximum Gasteiger partial charge on any atom is 0.407 e. The molecule has 2 amide bonds. The van der Waals surface area contributed by atoms with Crippen molar-refractivity contribution in [3.8, 4) is 0 Å². The lowest BCUT2D eigenvalue weighted by molar-refractivity contribution is -0.172. The van der Waals surface area contributed by atoms with Gasteiger partial charge in [0.05, 0.1) is 89.2 Å². The summed E-state index contributed by atoms with van der Waals surface area (Å²) < 4.78 is 86.6. The fraction of sp³-hybridized carbons (Fsp3) is 0.452. The highest BCUT2D eigenvalue weighted by Crippen LogP contribution is 2.25. The van der Waals surface area contributed by atoms with E-state index in [4.69, 9.17) is 66.3 Å². The van der Waals surface area contributed by atoms with Crippen LogP contribution in [-0.4, -0.2) is 249 Å². The van der Waals surface area contributed by atoms with Crippen molar-refractivity contribution in [2.75, 3.05) is 92.4 Å². The molecule has 0 fully saturated rings. The minimum atomic E-state index is -1.36. The lowest BCUT2D eigenvalue weighted by atomic mass is 9.92. The Bertz CT molecular complexity index is 4210. The van der Waals surface area contributed by atoms with Gasteiger partial charge >= 0.3 is 77.8 Å². The number of allylic oxidation sites excluding steroid dienone is 1. The number of hydrogen-bond donors (Lipinski definition) is 2. The number of amides is 2. The second-order valence-electron chi connectivity index (χ2n) is 28.2. The molecule has 43 nitrogen and oxygen atoms in total. The Labute approximate surface area is 732 Å². The largest absolute Gasteiger partial charge is 0.490 e. The standard InChI is InChI=1S/C35H50N6O11.C26H32N6O8.C23H28N4O8/c1-26(2)28(5)47-20-29(21-48-31(42)10-16-40-18-14-36-24-40)51-34(45)38-12-8-6-7-9-13-39-35(46)52-30(23-50-33(44)27(3)4)22-49-32(43)11-17-41-19-15-37-25-41;1-2-22(33)37-15-26(16-38-23(34)3-9-30-12-6-27-19-30,17-39-24(35)4-10-31-13-7-28-20-31)18-40-25(36)5-11-32-14-8-29-21-32;1-3-19(28)32-13-23(14-33-20(29)4-2,15-34-21(30)5-9-26-11-7-24-17-26)16-35-22(31)6-10-27-12-8-25-18-27/h14-15,18-19,24-25,29-30H,1,3,5-13,16-17,20-23H2,2,4H3,(H,38,45)(H,39,46);2,6-8,12-14,19-21H,1,3-5,9-11,15-18H2;3-4,7-8,11-12,17-18H,1-2,5-6,9-10,13-16H2. The molecule has 0 aliphatic rings. The first-order valence-corrected chi connectivity index (χ1v) is 40.0. The molecule has 7 rings (SSSR count). The molecule has 0 aromatic carbocycles. The molecule has 0 aliphatic heterocycles. The number of aryl methyl sites for hydroxylation is 7. The van der Waals surface area contributed by atoms with Gasteiger partial charge in [-0.2, -0.15) is 0 Å². The number of nitrogens with zero attached hydrogens (tertiary/aromatic N) is 14. The molecular formula is C84H110N16O27. The molecule has 2 N–H and O–H groups in total. The number of carbonyl (C=O) groups excluding carboxylic acids is 13. The number of aromatic nitrogens is 14. The van der Waals surface area contributed by atoms with E-state index in [1.54, 1.807) is 170 Å². The highest BCUT2D eigenvalue weighted by atomic mass is 16.6. The van der Waals surface area contributed by atoms with Gasteiger partial charge in [-0.25, -0.2) is 63.7 Å². The summed E-state index contributed by atoms with van der Waals surface area (Å²) in [5.74, 6) is -6.33. The fourth-order valence-corrected chi connectivity index (χ4v) is 10.1. The molecule has 43 heteroatoms. The predicted molar refractivity (Wildman–Crippen MR) is 444 cm³/mol. The summed E-state index contributed by atoms with van der Waals surface area (Å²) in [6.45, 7) is 23.6. The van der Waals surface area contributed by atoms with Gasteiger partial charge in [-0.1, -0.05) is 52.3 Å². The van der Waals surface area contributed by atoms with Crippen molar-refractivity contribution >= 4 is 77.8 Å². The Morgan fingerprint density at radius 1 is 0.315 bits per heavy atom. The zero-order valence-corrected chi connectivity index (χ0v) is 71.2. The normalized spacial score (nSPS) is 11.2. The minimum Gasteiger partial charge on any atom is -0.490 e. The SMILES string of the molecule is C=C(C)C(=C)OCC(COC(=O)CCn1ccnc1)OC(=O)NCCCCCCNC(=O)OC(COC(=O)CCn1ccnc1)COC(=O)C(=C)C.C=CC(=O)OCC(COC(=O)C=C)(COC(=O)CCn1ccnc1)COC(=O)CCn1ccnc1.C=CC(=O)OCC(COC(=O)CCn1ccnc1)(COC(=O)CCn1ccnc1)COC(=O)CCn1ccnc1. The minimum absolute atomic E-state index is 0.0360. The van der Waals surface area contributed by atoms with Crippen LogP contribution in [0.5, 0.6) is 0 Å². The van der Waals surface area contributed by atoms with E-state index in [0.717, 1.165) is 31.1 Å². The second-order valence-corrected chi connectivity index (χ2v) is 28.2. The number of ether oxygens (including phenoxy) is 14. The average Bonchev–Trinajstić information content (AvgIpc) is 1.52. The van der Waals surface area contributed by atoms with Crippen molar-refractivity contribution in [2.24, 2.45) is 10.8 Å². The first kappa shape index (κ1) is 103. The molecule has 7 heterocycles. The summed E-state index contributed by atoms with van der Waals surface area (Å²) >= 11 is 0. The van der Waals surface area contributed by atoms with Crippen LogP contribution in [0.2, 0.25) is 0 Å². The van der Waals surface area contributed by atoms with E-state index < -0.39 is 101 Å². The average molecular weight is 1780 g/mol. The fourth-order valence-electron chi connectivity index (χ4n) is 10.1. The highest BCUT2D eigenvalue weighted by Gasteiger charge is 2.40. The third-order valence-electron chi connectivity index (χ3n) is 17.4. The first-order valence-electron chi connectivity index (χ1n) is 40.0. The Morgan fingerprint density at radius 2 is 0.543 bits per heavy atom. The Morgan fingerprint density at radius 3 is 0.764 bits per heavy atom. The third-order valence-corrected chi connectivity index (χ3v) is 17.4. The molecule has 0 bridgehead atoms. The number of rotatable bonds is 60. The molecule has 7 aromatic rings. The van der Waals surface area contributed by atoms with Crippen LogP contribution in [0.15, 0.2) is 206 Å². The van der Waals surface area contributed by atoms with Gasteiger partial charge in [0.2, 0.25) is 0 Å². The summed E-state index contributed by atoms with van der Waals surface area (Å²) in [5, 5.41) is 5.29. The van der Waals surface area contributed by atoms with Crippen molar-refractivity contribution in [1.82, 2.24) is 77.5 Å². The van der Waals surface area contributed by atoms with Crippen LogP contribution in [0.1, 0.15) is 84.5 Å². The van der Waals surface area contributed by atoms with E-state index in [-0.39, 0.29) is 130 Å². The predicted octanol–water partition coefficient (Wildman–Crippen LogP) is 5.91. The Hall–Kier alpha value is -14.6. The van der Waals surface area contributed by atoms with Crippen LogP contribution in [0.4, 0.5) is 9.59 Å². The molecule has 688 valence electrons. The summed E-state index contributed by atoms with van der Waals surface area (Å²) in [4.78, 5) is 186. The van der Waals surface area contributed by atoms with Gasteiger partial charge in [0.25, 0.3) is 0 Å². The molecule has 0 saturated carbocycles. The van der Waals surface area contributed by atoms with Crippen LogP contribution < -0.4 is 10.6 Å². The summed E-state index contributed by atoms with van der Waals surface area (Å²) in [6, 6.07) is 0. The van der Waals surface area contributed by atoms with Gasteiger partial charge in [-0.15, -0.1) is 0 Å². The molecule has 0 saturated heterocycles. The number of esters is 11. The summed E-state index contributed by atoms with van der Waals surface area (Å²) in [5.41, 5.74) is -1.94. The maximum atomic E-state index is 12.5. The van der Waals surface area contributed by atoms with E-state index in [2.05, 4.69) is 85.0 Å². The van der Waals surface area contributed by atoms with Crippen LogP contribution in [0.25, 0.3) is 0 Å². The van der Waals surface area contributed by atoms with E-state index in [0.29, 0.717) is 83.1 Å².